The first-order valence-corrected chi connectivity index (χ1v) is 4.96. The molecule has 1 N–H and O–H groups in total. The highest BCUT2D eigenvalue weighted by molar-refractivity contribution is 7.80. The van der Waals surface area contributed by atoms with E-state index in [-0.39, 0.29) is 0 Å². The molecule has 0 aliphatic heterocycles. The van der Waals surface area contributed by atoms with Crippen LogP contribution < -0.4 is 5.32 Å². The molecule has 0 radical (unpaired) electrons. The molecule has 0 aromatic carbocycles. The van der Waals surface area contributed by atoms with Crippen LogP contribution in [0.25, 0.3) is 0 Å². The highest BCUT2D eigenvalue weighted by atomic mass is 32.1. The summed E-state index contributed by atoms with van der Waals surface area (Å²) < 4.78 is 0. The van der Waals surface area contributed by atoms with Gasteiger partial charge in [-0.1, -0.05) is 25.2 Å². The maximum Gasteiger partial charge on any atom is 0.0555 e. The van der Waals surface area contributed by atoms with Crippen molar-refractivity contribution >= 4 is 12.6 Å². The van der Waals surface area contributed by atoms with Crippen LogP contribution in [0, 0.1) is 0 Å². The summed E-state index contributed by atoms with van der Waals surface area (Å²) in [5, 5.41) is 3.35. The van der Waals surface area contributed by atoms with E-state index < -0.39 is 0 Å². The van der Waals surface area contributed by atoms with Crippen LogP contribution in [-0.4, -0.2) is 11.8 Å². The first-order valence-electron chi connectivity index (χ1n) is 4.33. The molecule has 0 fully saturated rings. The van der Waals surface area contributed by atoms with Crippen LogP contribution in [0.15, 0.2) is 23.9 Å². The summed E-state index contributed by atoms with van der Waals surface area (Å²) in [6, 6.07) is 0.314. The fraction of sp³-hybridized carbons (Fsp3) is 0.600. The van der Waals surface area contributed by atoms with Crippen molar-refractivity contribution in [1.29, 1.82) is 0 Å². The number of allylic oxidation sites excluding steroid dienone is 2. The van der Waals surface area contributed by atoms with Crippen LogP contribution >= 0.6 is 12.6 Å². The number of rotatable bonds is 5. The standard InChI is InChI=1S/C10H19NS/c1-5-8(3)10(7-12)11-9(4)6-2/h6,10-12H,3,5,7H2,1-2,4H3/b9-6+. The van der Waals surface area contributed by atoms with Crippen molar-refractivity contribution in [2.45, 2.75) is 33.2 Å². The second-order valence-electron chi connectivity index (χ2n) is 2.86. The smallest absolute Gasteiger partial charge is 0.0555 e. The Kier molecular flexibility index (Phi) is 5.99. The molecule has 0 aromatic rings. The van der Waals surface area contributed by atoms with Gasteiger partial charge in [0.2, 0.25) is 0 Å². The Bertz CT molecular complexity index is 173. The molecule has 0 saturated heterocycles. The van der Waals surface area contributed by atoms with Crippen molar-refractivity contribution in [2.75, 3.05) is 5.75 Å². The predicted octanol–water partition coefficient (Wildman–Crippen LogP) is 2.76. The van der Waals surface area contributed by atoms with Crippen LogP contribution in [-0.2, 0) is 0 Å². The zero-order valence-corrected chi connectivity index (χ0v) is 9.12. The van der Waals surface area contributed by atoms with Crippen LogP contribution in [0.4, 0.5) is 0 Å². The average Bonchev–Trinajstić information content (AvgIpc) is 2.12. The quantitative estimate of drug-likeness (QED) is 0.496. The van der Waals surface area contributed by atoms with Gasteiger partial charge in [0.15, 0.2) is 0 Å². The van der Waals surface area contributed by atoms with Gasteiger partial charge in [-0.15, -0.1) is 0 Å². The molecule has 0 amide bonds. The van der Waals surface area contributed by atoms with Gasteiger partial charge in [-0.2, -0.15) is 12.6 Å². The molecule has 70 valence electrons. The van der Waals surface area contributed by atoms with E-state index in [2.05, 4.69) is 44.4 Å². The largest absolute Gasteiger partial charge is 0.382 e. The van der Waals surface area contributed by atoms with Crippen molar-refractivity contribution in [3.63, 3.8) is 0 Å². The third-order valence-electron chi connectivity index (χ3n) is 1.96. The lowest BCUT2D eigenvalue weighted by atomic mass is 10.1. The molecule has 12 heavy (non-hydrogen) atoms. The Labute approximate surface area is 81.3 Å². The summed E-state index contributed by atoms with van der Waals surface area (Å²) in [6.45, 7) is 10.2. The highest BCUT2D eigenvalue weighted by Crippen LogP contribution is 2.07. The van der Waals surface area contributed by atoms with E-state index in [9.17, 15) is 0 Å². The summed E-state index contributed by atoms with van der Waals surface area (Å²) >= 11 is 4.27. The number of thiol groups is 1. The second-order valence-corrected chi connectivity index (χ2v) is 3.23. The lowest BCUT2D eigenvalue weighted by molar-refractivity contribution is 0.683. The first-order chi connectivity index (χ1) is 5.65. The minimum atomic E-state index is 0.314. The molecule has 0 aliphatic carbocycles. The normalized spacial score (nSPS) is 14.2. The van der Waals surface area contributed by atoms with E-state index in [1.54, 1.807) is 0 Å². The number of hydrogen-bond donors (Lipinski definition) is 2. The molecule has 0 rings (SSSR count). The zero-order valence-electron chi connectivity index (χ0n) is 8.22. The second kappa shape index (κ2) is 6.18. The minimum absolute atomic E-state index is 0.314. The lowest BCUT2D eigenvalue weighted by Crippen LogP contribution is -2.30. The Balaban J connectivity index is 4.08. The Morgan fingerprint density at radius 1 is 1.67 bits per heavy atom. The topological polar surface area (TPSA) is 12.0 Å². The summed E-state index contributed by atoms with van der Waals surface area (Å²) in [5.41, 5.74) is 2.40. The fourth-order valence-electron chi connectivity index (χ4n) is 0.881. The van der Waals surface area contributed by atoms with Crippen molar-refractivity contribution < 1.29 is 0 Å². The average molecular weight is 185 g/mol. The molecule has 1 nitrogen and oxygen atoms in total. The van der Waals surface area contributed by atoms with E-state index in [0.29, 0.717) is 6.04 Å². The maximum absolute atomic E-state index is 4.27. The fourth-order valence-corrected chi connectivity index (χ4v) is 1.23. The van der Waals surface area contributed by atoms with E-state index in [1.165, 1.54) is 11.3 Å². The van der Waals surface area contributed by atoms with Crippen LogP contribution in [0.1, 0.15) is 27.2 Å². The summed E-state index contributed by atoms with van der Waals surface area (Å²) in [6.07, 6.45) is 3.06. The molecule has 1 unspecified atom stereocenters. The zero-order chi connectivity index (χ0) is 9.56. The van der Waals surface area contributed by atoms with Crippen molar-refractivity contribution in [3.05, 3.63) is 23.9 Å². The molecule has 0 spiro atoms. The van der Waals surface area contributed by atoms with Crippen molar-refractivity contribution in [1.82, 2.24) is 5.32 Å². The van der Waals surface area contributed by atoms with Gasteiger partial charge in [0.1, 0.15) is 0 Å². The van der Waals surface area contributed by atoms with E-state index in [1.807, 2.05) is 6.92 Å². The number of nitrogens with one attached hydrogen (secondary N) is 1. The van der Waals surface area contributed by atoms with Crippen molar-refractivity contribution in [2.24, 2.45) is 0 Å². The Morgan fingerprint density at radius 2 is 2.25 bits per heavy atom. The van der Waals surface area contributed by atoms with Crippen LogP contribution in [0.5, 0.6) is 0 Å². The van der Waals surface area contributed by atoms with Gasteiger partial charge in [-0.3, -0.25) is 0 Å². The van der Waals surface area contributed by atoms with Gasteiger partial charge in [-0.25, -0.2) is 0 Å². The third-order valence-corrected chi connectivity index (χ3v) is 2.33. The molecule has 2 heteroatoms. The summed E-state index contributed by atoms with van der Waals surface area (Å²) in [7, 11) is 0. The summed E-state index contributed by atoms with van der Waals surface area (Å²) in [5.74, 6) is 0.803. The van der Waals surface area contributed by atoms with Gasteiger partial charge < -0.3 is 5.32 Å². The maximum atomic E-state index is 4.27. The lowest BCUT2D eigenvalue weighted by Gasteiger charge is -2.19. The van der Waals surface area contributed by atoms with Crippen LogP contribution in [0.3, 0.4) is 0 Å². The van der Waals surface area contributed by atoms with Gasteiger partial charge in [0.05, 0.1) is 6.04 Å². The van der Waals surface area contributed by atoms with E-state index in [0.717, 1.165) is 12.2 Å². The van der Waals surface area contributed by atoms with Gasteiger partial charge in [0.25, 0.3) is 0 Å². The Hall–Kier alpha value is -0.370. The van der Waals surface area contributed by atoms with Crippen LogP contribution in [0.2, 0.25) is 0 Å². The third kappa shape index (κ3) is 3.86. The summed E-state index contributed by atoms with van der Waals surface area (Å²) in [4.78, 5) is 0. The van der Waals surface area contributed by atoms with Gasteiger partial charge in [0, 0.05) is 11.4 Å². The minimum Gasteiger partial charge on any atom is -0.382 e. The monoisotopic (exact) mass is 185 g/mol. The molecule has 0 aromatic heterocycles. The highest BCUT2D eigenvalue weighted by Gasteiger charge is 2.07. The van der Waals surface area contributed by atoms with Crippen molar-refractivity contribution in [3.8, 4) is 0 Å². The molecule has 0 bridgehead atoms. The SMILES string of the molecule is C=C(CC)C(CS)N/C(C)=C/C. The molecule has 0 heterocycles. The van der Waals surface area contributed by atoms with E-state index >= 15 is 0 Å². The van der Waals surface area contributed by atoms with Gasteiger partial charge >= 0.3 is 0 Å². The molecule has 0 aliphatic rings. The van der Waals surface area contributed by atoms with Gasteiger partial charge in [-0.05, 0) is 20.3 Å². The molecular weight excluding hydrogens is 166 g/mol. The van der Waals surface area contributed by atoms with E-state index in [4.69, 9.17) is 0 Å². The first kappa shape index (κ1) is 11.6. The molecule has 1 atom stereocenters. The Morgan fingerprint density at radius 3 is 2.58 bits per heavy atom. The molecule has 0 saturated carbocycles. The number of hydrogen-bond acceptors (Lipinski definition) is 2. The predicted molar refractivity (Wildman–Crippen MR) is 59.6 cm³/mol. The molecular formula is C10H19NS.